The third kappa shape index (κ3) is 4.06. The summed E-state index contributed by atoms with van der Waals surface area (Å²) in [5, 5.41) is -5.13. The van der Waals surface area contributed by atoms with Crippen molar-refractivity contribution in [1.29, 1.82) is 0 Å². The van der Waals surface area contributed by atoms with E-state index in [4.69, 9.17) is 18.8 Å². The van der Waals surface area contributed by atoms with Gasteiger partial charge in [-0.2, -0.15) is 17.2 Å². The number of alkyl halides is 2. The predicted molar refractivity (Wildman–Crippen MR) is 121 cm³/mol. The van der Waals surface area contributed by atoms with E-state index < -0.39 is 56.5 Å². The Hall–Kier alpha value is -2.15. The van der Waals surface area contributed by atoms with Crippen LogP contribution in [0.1, 0.15) is 70.6 Å². The van der Waals surface area contributed by atoms with Gasteiger partial charge in [-0.05, 0) is 82.0 Å². The molecule has 8 saturated carbocycles. The van der Waals surface area contributed by atoms with Gasteiger partial charge < -0.3 is 14.2 Å². The zero-order chi connectivity index (χ0) is 27.3. The van der Waals surface area contributed by atoms with E-state index in [2.05, 4.69) is 0 Å². The Morgan fingerprint density at radius 3 is 2.03 bits per heavy atom. The van der Waals surface area contributed by atoms with Crippen molar-refractivity contribution in [3.05, 3.63) is 0 Å². The quantitative estimate of drug-likeness (QED) is 0.280. The van der Waals surface area contributed by atoms with Crippen LogP contribution in [0.3, 0.4) is 0 Å². The maximum atomic E-state index is 13.9. The fourth-order valence-corrected chi connectivity index (χ4v) is 9.50. The molecule has 0 aliphatic heterocycles. The monoisotopic (exact) mass is 560 g/mol. The number of hydrogen-bond donors (Lipinski definition) is 1. The number of carbonyl (C=O) groups is 4. The molecule has 4 unspecified atom stereocenters. The predicted octanol–water partition coefficient (Wildman–Crippen LogP) is 2.58. The van der Waals surface area contributed by atoms with E-state index in [1.54, 1.807) is 0 Å². The maximum absolute atomic E-state index is 13.9. The summed E-state index contributed by atoms with van der Waals surface area (Å²) >= 11 is 0. The van der Waals surface area contributed by atoms with Gasteiger partial charge in [0.05, 0.1) is 5.41 Å². The molecule has 10 nitrogen and oxygen atoms in total. The molecule has 0 aromatic carbocycles. The third-order valence-corrected chi connectivity index (χ3v) is 10.7. The largest absolute Gasteiger partial charge is 0.465 e. The number of rotatable bonds is 7. The van der Waals surface area contributed by atoms with Crippen LogP contribution in [-0.2, 0) is 43.5 Å². The molecule has 38 heavy (non-hydrogen) atoms. The molecular formula is C25H30F2O10S. The number of halogens is 2. The topological polar surface area (TPSA) is 150 Å². The number of ether oxygens (including phenoxy) is 3. The van der Waals surface area contributed by atoms with E-state index >= 15 is 0 Å². The highest BCUT2D eigenvalue weighted by Crippen LogP contribution is 2.63. The molecule has 0 aromatic heterocycles. The second-order valence-electron chi connectivity index (χ2n) is 12.8. The van der Waals surface area contributed by atoms with Crippen LogP contribution in [0.4, 0.5) is 8.78 Å². The van der Waals surface area contributed by atoms with Crippen LogP contribution in [-0.4, -0.2) is 59.7 Å². The Balaban J connectivity index is 1.11. The fourth-order valence-electron chi connectivity index (χ4n) is 9.25. The standard InChI is InChI=1S/C25H30F2O10S/c26-25(27,38(32,33)34)21(31)37-24-7-14-1-15(8-24)5-22(4-14,12-24)20(30)35-11-18(28)36-23-6-13-2-16(9-23)19(29)17(3-13)10-23/h13-17H,1-12H2,(H,32,33,34). The Kier molecular flexibility index (Phi) is 5.62. The minimum Gasteiger partial charge on any atom is -0.456 e. The van der Waals surface area contributed by atoms with Gasteiger partial charge in [-0.15, -0.1) is 0 Å². The third-order valence-electron chi connectivity index (χ3n) is 9.90. The van der Waals surface area contributed by atoms with Crippen molar-refractivity contribution in [3.63, 3.8) is 0 Å². The maximum Gasteiger partial charge on any atom is 0.465 e. The molecule has 0 saturated heterocycles. The molecule has 8 aliphatic rings. The van der Waals surface area contributed by atoms with E-state index in [1.165, 1.54) is 0 Å². The molecule has 210 valence electrons. The first-order valence-electron chi connectivity index (χ1n) is 13.1. The molecule has 0 spiro atoms. The molecule has 1 N–H and O–H groups in total. The van der Waals surface area contributed by atoms with Gasteiger partial charge >= 0.3 is 33.3 Å². The molecular weight excluding hydrogens is 530 g/mol. The minimum absolute atomic E-state index is 0.0873. The van der Waals surface area contributed by atoms with Crippen molar-refractivity contribution >= 4 is 33.8 Å². The average molecular weight is 561 g/mol. The molecule has 13 heteroatoms. The van der Waals surface area contributed by atoms with Crippen molar-refractivity contribution in [2.24, 2.45) is 35.0 Å². The van der Waals surface area contributed by atoms with Crippen molar-refractivity contribution in [1.82, 2.24) is 0 Å². The zero-order valence-electron chi connectivity index (χ0n) is 20.7. The lowest BCUT2D eigenvalue weighted by atomic mass is 9.48. The normalized spacial score (nSPS) is 42.7. The van der Waals surface area contributed by atoms with Crippen molar-refractivity contribution in [3.8, 4) is 0 Å². The van der Waals surface area contributed by atoms with Crippen LogP contribution in [0.5, 0.6) is 0 Å². The number of hydrogen-bond acceptors (Lipinski definition) is 9. The van der Waals surface area contributed by atoms with Gasteiger partial charge in [-0.25, -0.2) is 9.59 Å². The lowest BCUT2D eigenvalue weighted by molar-refractivity contribution is -0.222. The van der Waals surface area contributed by atoms with Crippen LogP contribution in [0, 0.1) is 35.0 Å². The Labute approximate surface area is 217 Å². The number of esters is 3. The summed E-state index contributed by atoms with van der Waals surface area (Å²) in [7, 11) is -6.03. The van der Waals surface area contributed by atoms with Gasteiger partial charge in [0.15, 0.2) is 6.61 Å². The molecule has 8 rings (SSSR count). The Morgan fingerprint density at radius 1 is 0.868 bits per heavy atom. The van der Waals surface area contributed by atoms with Gasteiger partial charge in [0.2, 0.25) is 0 Å². The highest BCUT2D eigenvalue weighted by molar-refractivity contribution is 7.87. The van der Waals surface area contributed by atoms with E-state index in [0.717, 1.165) is 12.8 Å². The zero-order valence-corrected chi connectivity index (χ0v) is 21.5. The Bertz CT molecular complexity index is 1180. The van der Waals surface area contributed by atoms with E-state index in [9.17, 15) is 36.4 Å². The van der Waals surface area contributed by atoms with E-state index in [0.29, 0.717) is 44.4 Å². The van der Waals surface area contributed by atoms with Crippen LogP contribution in [0.25, 0.3) is 0 Å². The second kappa shape index (κ2) is 8.18. The van der Waals surface area contributed by atoms with Crippen molar-refractivity contribution in [2.45, 2.75) is 87.1 Å². The van der Waals surface area contributed by atoms with Gasteiger partial charge in [0.25, 0.3) is 0 Å². The van der Waals surface area contributed by atoms with Crippen LogP contribution < -0.4 is 0 Å². The van der Waals surface area contributed by atoms with Crippen LogP contribution >= 0.6 is 0 Å². The van der Waals surface area contributed by atoms with Gasteiger partial charge in [0.1, 0.15) is 17.0 Å². The summed E-state index contributed by atoms with van der Waals surface area (Å²) < 4.78 is 74.9. The van der Waals surface area contributed by atoms with Crippen molar-refractivity contribution in [2.75, 3.05) is 6.61 Å². The summed E-state index contributed by atoms with van der Waals surface area (Å²) in [6.45, 7) is -0.626. The first kappa shape index (κ1) is 26.1. The summed E-state index contributed by atoms with van der Waals surface area (Å²) in [5.41, 5.74) is -3.35. The molecule has 0 amide bonds. The molecule has 4 atom stereocenters. The van der Waals surface area contributed by atoms with Gasteiger partial charge in [0, 0.05) is 18.3 Å². The summed E-state index contributed by atoms with van der Waals surface area (Å²) in [5.74, 6) is -3.61. The van der Waals surface area contributed by atoms with Crippen LogP contribution in [0.2, 0.25) is 0 Å². The van der Waals surface area contributed by atoms with Gasteiger partial charge in [-0.3, -0.25) is 14.1 Å². The number of ketones is 1. The molecule has 0 heterocycles. The van der Waals surface area contributed by atoms with Crippen molar-refractivity contribution < 1.29 is 55.1 Å². The SMILES string of the molecule is O=C(COC(=O)C12CC3CC(CC(OC(=O)C(F)(F)S(=O)(=O)O)(C3)C1)C2)OC12CC3CC(C1)C(=O)C(C3)C2. The average Bonchev–Trinajstić information content (AvgIpc) is 2.78. The van der Waals surface area contributed by atoms with E-state index in [-0.39, 0.29) is 48.7 Å². The first-order valence-corrected chi connectivity index (χ1v) is 14.6. The molecule has 8 aliphatic carbocycles. The number of carbonyl (C=O) groups excluding carboxylic acids is 4. The number of Topliss-reactive ketones (excluding diaryl/α,β-unsaturated/α-hetero) is 1. The highest BCUT2D eigenvalue weighted by atomic mass is 32.2. The summed E-state index contributed by atoms with van der Waals surface area (Å²) in [4.78, 5) is 50.5. The van der Waals surface area contributed by atoms with Gasteiger partial charge in [-0.1, -0.05) is 0 Å². The Morgan fingerprint density at radius 2 is 1.45 bits per heavy atom. The molecule has 0 radical (unpaired) electrons. The summed E-state index contributed by atoms with van der Waals surface area (Å²) in [6.07, 6.45) is 5.06. The van der Waals surface area contributed by atoms with Crippen LogP contribution in [0.15, 0.2) is 0 Å². The molecule has 0 aromatic rings. The highest BCUT2D eigenvalue weighted by Gasteiger charge is 2.65. The lowest BCUT2D eigenvalue weighted by Gasteiger charge is -2.59. The lowest BCUT2D eigenvalue weighted by Crippen LogP contribution is -2.61. The fraction of sp³-hybridized carbons (Fsp3) is 0.840. The molecule has 8 fully saturated rings. The summed E-state index contributed by atoms with van der Waals surface area (Å²) in [6, 6.07) is 0. The first-order chi connectivity index (χ1) is 17.6. The molecule has 8 bridgehead atoms. The van der Waals surface area contributed by atoms with E-state index in [1.807, 2.05) is 0 Å². The smallest absolute Gasteiger partial charge is 0.456 e. The minimum atomic E-state index is -6.03. The second-order valence-corrected chi connectivity index (χ2v) is 14.2.